The van der Waals surface area contributed by atoms with E-state index in [-0.39, 0.29) is 11.1 Å². The Balaban J connectivity index is 0.000000138. The average Bonchev–Trinajstić information content (AvgIpc) is 0.772. The topological polar surface area (TPSA) is 143 Å². The fourth-order valence-corrected chi connectivity index (χ4v) is 13.5. The van der Waals surface area contributed by atoms with Gasteiger partial charge >= 0.3 is 0 Å². The van der Waals surface area contributed by atoms with Crippen LogP contribution in [-0.2, 0) is 68.7 Å². The van der Waals surface area contributed by atoms with E-state index in [0.29, 0.717) is 87.7 Å². The molecule has 13 nitrogen and oxygen atoms in total. The summed E-state index contributed by atoms with van der Waals surface area (Å²) >= 11 is 0. The number of benzene rings is 14. The monoisotopic (exact) mass is 1540 g/mol. The summed E-state index contributed by atoms with van der Waals surface area (Å²) in [5.41, 5.74) is 15.9. The van der Waals surface area contributed by atoms with E-state index >= 15 is 0 Å². The van der Waals surface area contributed by atoms with Crippen molar-refractivity contribution in [2.75, 3.05) is 0 Å². The third-order valence-electron chi connectivity index (χ3n) is 19.6. The highest BCUT2D eigenvalue weighted by molar-refractivity contribution is 5.88. The predicted octanol–water partition coefficient (Wildman–Crippen LogP) is 24.1. The van der Waals surface area contributed by atoms with Gasteiger partial charge in [0.2, 0.25) is 11.2 Å². The Morgan fingerprint density at radius 2 is 0.701 bits per heavy atom. The number of allylic oxidation sites excluding steroid dienone is 1. The largest absolute Gasteiger partial charge is 0.502 e. The zero-order valence-corrected chi connectivity index (χ0v) is 65.4. The van der Waals surface area contributed by atoms with Crippen LogP contribution in [0.15, 0.2) is 373 Å². The first kappa shape index (κ1) is 77.9. The lowest BCUT2D eigenvalue weighted by Gasteiger charge is -2.29. The first-order chi connectivity index (χ1) is 57.5. The van der Waals surface area contributed by atoms with Crippen LogP contribution in [0.1, 0.15) is 89.6 Å². The quantitative estimate of drug-likeness (QED) is 0.0522. The molecule has 1 aromatic heterocycles. The van der Waals surface area contributed by atoms with Gasteiger partial charge in [-0.15, -0.1) is 0 Å². The van der Waals surface area contributed by atoms with Gasteiger partial charge in [-0.2, -0.15) is 0 Å². The molecule has 1 N–H and O–H groups in total. The standard InChI is InChI=1S/2C37H32O4.C30H24O5/c2*1-27-21-34(39-25-29-13-7-3-8-14-29)33-23-36(40-26-30-15-9-4-10-16-30)37(41-35(33)22-27)31-17-19-32(20-18-31)38-24-28-11-5-2-6-12-28;1-20-16-25(34-19-22-10-6-3-7-11-22)27-26(17-20)35-30(29(32)28(27)31)23-12-14-24(15-13-23)33-18-21-8-4-2-5-9-21/h2-22H,23-26H2,1H3;2-23,37H,24-26H2,1H3;2-17,32H,18-19H2,1H3. The summed E-state index contributed by atoms with van der Waals surface area (Å²) in [6.07, 6.45) is 2.22. The van der Waals surface area contributed by atoms with Gasteiger partial charge in [0, 0.05) is 28.7 Å². The number of hydrogen-bond donors (Lipinski definition) is 1. The molecule has 582 valence electrons. The Morgan fingerprint density at radius 1 is 0.350 bits per heavy atom. The van der Waals surface area contributed by atoms with Crippen molar-refractivity contribution in [1.29, 1.82) is 0 Å². The summed E-state index contributed by atoms with van der Waals surface area (Å²) in [5.74, 6) is 7.67. The smallest absolute Gasteiger partial charge is 0.238 e. The summed E-state index contributed by atoms with van der Waals surface area (Å²) in [5, 5.41) is 11.0. The molecule has 3 heterocycles. The van der Waals surface area contributed by atoms with Crippen molar-refractivity contribution in [3.63, 3.8) is 0 Å². The van der Waals surface area contributed by atoms with Crippen LogP contribution in [0.2, 0.25) is 0 Å². The number of ether oxygens (including phenoxy) is 10. The van der Waals surface area contributed by atoms with Crippen LogP contribution in [0.5, 0.6) is 51.7 Å². The molecule has 17 rings (SSSR count). The van der Waals surface area contributed by atoms with Crippen molar-refractivity contribution in [2.24, 2.45) is 0 Å². The van der Waals surface area contributed by atoms with Crippen LogP contribution in [-0.4, -0.2) is 5.11 Å². The first-order valence-corrected chi connectivity index (χ1v) is 39.0. The lowest BCUT2D eigenvalue weighted by molar-refractivity contribution is 0.107. The zero-order chi connectivity index (χ0) is 79.9. The molecular formula is C104H88O13. The summed E-state index contributed by atoms with van der Waals surface area (Å²) in [6.45, 7) is 9.63. The highest BCUT2D eigenvalue weighted by atomic mass is 16.5. The Labute approximate surface area is 682 Å². The van der Waals surface area contributed by atoms with Gasteiger partial charge in [-0.3, -0.25) is 4.79 Å². The lowest BCUT2D eigenvalue weighted by atomic mass is 10.00. The normalized spacial score (nSPS) is 12.4. The van der Waals surface area contributed by atoms with Gasteiger partial charge < -0.3 is 56.9 Å². The molecule has 2 aliphatic heterocycles. The molecule has 15 aromatic rings. The minimum Gasteiger partial charge on any atom is -0.502 e. The Kier molecular flexibility index (Phi) is 25.6. The lowest BCUT2D eigenvalue weighted by Crippen LogP contribution is -2.17. The molecule has 0 radical (unpaired) electrons. The third-order valence-corrected chi connectivity index (χ3v) is 19.6. The molecule has 0 fully saturated rings. The van der Waals surface area contributed by atoms with E-state index in [1.807, 2.05) is 225 Å². The third kappa shape index (κ3) is 20.9. The van der Waals surface area contributed by atoms with Gasteiger partial charge in [-0.25, -0.2) is 0 Å². The highest BCUT2D eigenvalue weighted by Crippen LogP contribution is 2.45. The molecule has 117 heavy (non-hydrogen) atoms. The van der Waals surface area contributed by atoms with Crippen molar-refractivity contribution in [1.82, 2.24) is 0 Å². The van der Waals surface area contributed by atoms with E-state index in [1.165, 1.54) is 0 Å². The molecule has 0 bridgehead atoms. The summed E-state index contributed by atoms with van der Waals surface area (Å²) in [6, 6.07) is 115. The molecule has 0 aliphatic carbocycles. The van der Waals surface area contributed by atoms with Crippen molar-refractivity contribution >= 4 is 22.8 Å². The second kappa shape index (κ2) is 38.4. The average molecular weight is 1550 g/mol. The van der Waals surface area contributed by atoms with Crippen LogP contribution in [0, 0.1) is 20.8 Å². The molecule has 0 saturated carbocycles. The zero-order valence-electron chi connectivity index (χ0n) is 65.4. The molecule has 13 heteroatoms. The molecule has 2 aliphatic rings. The molecule has 1 atom stereocenters. The van der Waals surface area contributed by atoms with Crippen LogP contribution < -0.4 is 43.3 Å². The maximum atomic E-state index is 13.2. The van der Waals surface area contributed by atoms with E-state index in [0.717, 1.165) is 129 Å². The molecule has 0 amide bonds. The van der Waals surface area contributed by atoms with Crippen molar-refractivity contribution in [2.45, 2.75) is 86.2 Å². The number of fused-ring (bicyclic) bond motifs is 3. The van der Waals surface area contributed by atoms with E-state index in [4.69, 9.17) is 51.8 Å². The highest BCUT2D eigenvalue weighted by Gasteiger charge is 2.31. The minimum absolute atomic E-state index is 0.108. The van der Waals surface area contributed by atoms with Crippen LogP contribution in [0.4, 0.5) is 0 Å². The van der Waals surface area contributed by atoms with Crippen molar-refractivity contribution in [3.05, 3.63) is 457 Å². The van der Waals surface area contributed by atoms with E-state index in [2.05, 4.69) is 117 Å². The van der Waals surface area contributed by atoms with E-state index in [1.54, 1.807) is 36.4 Å². The number of hydrogen-bond acceptors (Lipinski definition) is 13. The fourth-order valence-electron chi connectivity index (χ4n) is 13.5. The van der Waals surface area contributed by atoms with Crippen molar-refractivity contribution < 1.29 is 56.9 Å². The molecule has 1 unspecified atom stereocenters. The molecule has 0 spiro atoms. The second-order valence-corrected chi connectivity index (χ2v) is 28.5. The minimum atomic E-state index is -0.534. The second-order valence-electron chi connectivity index (χ2n) is 28.5. The molecule has 0 saturated heterocycles. The van der Waals surface area contributed by atoms with E-state index < -0.39 is 17.3 Å². The Morgan fingerprint density at radius 3 is 1.15 bits per heavy atom. The maximum Gasteiger partial charge on any atom is 0.238 e. The fraction of sp³-hybridized carbons (Fsp3) is 0.125. The van der Waals surface area contributed by atoms with Gasteiger partial charge in [0.05, 0.1) is 5.56 Å². The number of aromatic hydroxyl groups is 1. The maximum absolute atomic E-state index is 13.2. The summed E-state index contributed by atoms with van der Waals surface area (Å²) < 4.78 is 68.6. The Bertz CT molecular complexity index is 5870. The van der Waals surface area contributed by atoms with Crippen LogP contribution in [0.3, 0.4) is 0 Å². The SMILES string of the molecule is Cc1cc(OCc2ccccc2)c2c(=O)c(O)c(-c3ccc(OCc4ccccc4)cc3)oc2c1.Cc1cc(OCc2ccccc2)c2c(c1)OC(c1ccc(OCc3ccccc3)cc1)=C(OCc1ccccc1)C2.Cc1cc(OCc2ccccc2)c2c(c1)OC(c1ccc(OCc3ccccc3)cc1)C(OCc1ccccc1)=C2. The van der Waals surface area contributed by atoms with Crippen LogP contribution >= 0.6 is 0 Å². The summed E-state index contributed by atoms with van der Waals surface area (Å²) in [7, 11) is 0. The van der Waals surface area contributed by atoms with Crippen LogP contribution in [0.25, 0.3) is 34.1 Å². The summed E-state index contributed by atoms with van der Waals surface area (Å²) in [4.78, 5) is 13.2. The van der Waals surface area contributed by atoms with Gasteiger partial charge in [0.15, 0.2) is 17.6 Å². The number of rotatable bonds is 27. The Hall–Kier alpha value is -14.4. The predicted molar refractivity (Wildman–Crippen MR) is 459 cm³/mol. The van der Waals surface area contributed by atoms with Gasteiger partial charge in [-0.1, -0.05) is 255 Å². The first-order valence-electron chi connectivity index (χ1n) is 39.0. The number of aryl methyl sites for hydroxylation is 3. The van der Waals surface area contributed by atoms with E-state index in [9.17, 15) is 9.90 Å². The molecular weight excluding hydrogens is 1460 g/mol. The van der Waals surface area contributed by atoms with Gasteiger partial charge in [0.25, 0.3) is 0 Å². The van der Waals surface area contributed by atoms with Crippen molar-refractivity contribution in [3.8, 4) is 63.1 Å². The van der Waals surface area contributed by atoms with Gasteiger partial charge in [-0.05, 0) is 185 Å². The molecule has 14 aromatic carbocycles. The van der Waals surface area contributed by atoms with Gasteiger partial charge in [0.1, 0.15) is 121 Å².